The van der Waals surface area contributed by atoms with Crippen LogP contribution in [0.5, 0.6) is 0 Å². The van der Waals surface area contributed by atoms with E-state index in [1.165, 1.54) is 6.07 Å². The Hall–Kier alpha value is -2.40. The van der Waals surface area contributed by atoms with E-state index in [4.69, 9.17) is 0 Å². The fourth-order valence-electron chi connectivity index (χ4n) is 3.73. The first-order valence-corrected chi connectivity index (χ1v) is 8.99. The van der Waals surface area contributed by atoms with Crippen LogP contribution >= 0.6 is 0 Å². The molecule has 3 rings (SSSR count). The molecule has 1 aliphatic rings. The predicted octanol–water partition coefficient (Wildman–Crippen LogP) is 3.92. The highest BCUT2D eigenvalue weighted by Crippen LogP contribution is 2.36. The van der Waals surface area contributed by atoms with Crippen molar-refractivity contribution in [3.63, 3.8) is 0 Å². The molecular formula is C21H25FN2O2. The van der Waals surface area contributed by atoms with E-state index >= 15 is 0 Å². The molecule has 2 aromatic rings. The zero-order valence-corrected chi connectivity index (χ0v) is 15.2. The molecule has 0 aromatic heterocycles. The van der Waals surface area contributed by atoms with Crippen LogP contribution in [0.3, 0.4) is 0 Å². The van der Waals surface area contributed by atoms with Gasteiger partial charge in [0, 0.05) is 25.3 Å². The second kappa shape index (κ2) is 7.87. The summed E-state index contributed by atoms with van der Waals surface area (Å²) in [6.45, 7) is 0.644. The van der Waals surface area contributed by atoms with E-state index in [1.807, 2.05) is 48.2 Å². The van der Waals surface area contributed by atoms with Crippen LogP contribution in [0.1, 0.15) is 36.4 Å². The van der Waals surface area contributed by atoms with Crippen LogP contribution in [-0.2, 0) is 4.79 Å². The maximum absolute atomic E-state index is 14.6. The number of anilines is 1. The van der Waals surface area contributed by atoms with Gasteiger partial charge in [0.25, 0.3) is 0 Å². The van der Waals surface area contributed by atoms with E-state index in [0.29, 0.717) is 18.5 Å². The Kier molecular flexibility index (Phi) is 5.57. The van der Waals surface area contributed by atoms with Gasteiger partial charge in [0.2, 0.25) is 0 Å². The van der Waals surface area contributed by atoms with E-state index < -0.39 is 18.1 Å². The molecule has 0 bridgehead atoms. The highest BCUT2D eigenvalue weighted by Gasteiger charge is 2.36. The van der Waals surface area contributed by atoms with Crippen LogP contribution in [-0.4, -0.2) is 42.7 Å². The van der Waals surface area contributed by atoms with Crippen LogP contribution in [0, 0.1) is 5.82 Å². The van der Waals surface area contributed by atoms with Crippen molar-refractivity contribution in [1.82, 2.24) is 4.90 Å². The minimum absolute atomic E-state index is 0.302. The maximum atomic E-state index is 14.6. The lowest BCUT2D eigenvalue weighted by molar-refractivity contribution is -0.145. The average molecular weight is 356 g/mol. The second-order valence-corrected chi connectivity index (χ2v) is 7.00. The number of rotatable bonds is 5. The van der Waals surface area contributed by atoms with Crippen LogP contribution in [0.25, 0.3) is 0 Å². The monoisotopic (exact) mass is 356 g/mol. The standard InChI is InChI=1S/C21H25FN2O2/c1-23(2)16-12-10-15(11-13-16)20(17-7-3-4-8-18(17)22)24-14-6-5-9-19(24)21(25)26/h3-4,7-8,10-13,19-20H,5-6,9,14H2,1-2H3,(H,25,26). The number of carbonyl (C=O) groups is 1. The van der Waals surface area contributed by atoms with E-state index in [9.17, 15) is 14.3 Å². The number of halogens is 1. The molecule has 0 aliphatic carbocycles. The third-order valence-electron chi connectivity index (χ3n) is 5.09. The molecule has 1 fully saturated rings. The zero-order valence-electron chi connectivity index (χ0n) is 15.2. The third kappa shape index (κ3) is 3.73. The van der Waals surface area contributed by atoms with Crippen molar-refractivity contribution in [3.05, 3.63) is 65.5 Å². The van der Waals surface area contributed by atoms with Gasteiger partial charge in [-0.15, -0.1) is 0 Å². The molecule has 2 unspecified atom stereocenters. The summed E-state index contributed by atoms with van der Waals surface area (Å²) >= 11 is 0. The number of hydrogen-bond donors (Lipinski definition) is 1. The fourth-order valence-corrected chi connectivity index (χ4v) is 3.73. The number of carboxylic acid groups (broad SMARTS) is 1. The van der Waals surface area contributed by atoms with Crippen molar-refractivity contribution < 1.29 is 14.3 Å². The first-order chi connectivity index (χ1) is 12.5. The normalized spacial score (nSPS) is 19.1. The van der Waals surface area contributed by atoms with Gasteiger partial charge < -0.3 is 10.0 Å². The summed E-state index contributed by atoms with van der Waals surface area (Å²) in [5, 5.41) is 9.70. The average Bonchev–Trinajstić information content (AvgIpc) is 2.64. The summed E-state index contributed by atoms with van der Waals surface area (Å²) < 4.78 is 14.6. The van der Waals surface area contributed by atoms with Gasteiger partial charge in [-0.25, -0.2) is 4.39 Å². The van der Waals surface area contributed by atoms with Gasteiger partial charge in [-0.3, -0.25) is 9.69 Å². The molecule has 2 atom stereocenters. The zero-order chi connectivity index (χ0) is 18.7. The van der Waals surface area contributed by atoms with Gasteiger partial charge in [-0.2, -0.15) is 0 Å². The minimum atomic E-state index is -0.837. The summed E-state index contributed by atoms with van der Waals surface area (Å²) in [5.41, 5.74) is 2.49. The molecule has 1 heterocycles. The number of benzene rings is 2. The first kappa shape index (κ1) is 18.4. The molecule has 4 nitrogen and oxygen atoms in total. The van der Waals surface area contributed by atoms with Gasteiger partial charge in [0.05, 0.1) is 6.04 Å². The maximum Gasteiger partial charge on any atom is 0.320 e. The van der Waals surface area contributed by atoms with Crippen LogP contribution in [0.4, 0.5) is 10.1 Å². The Morgan fingerprint density at radius 2 is 1.85 bits per heavy atom. The Morgan fingerprint density at radius 3 is 2.46 bits per heavy atom. The smallest absolute Gasteiger partial charge is 0.320 e. The molecule has 0 saturated carbocycles. The quantitative estimate of drug-likeness (QED) is 0.882. The van der Waals surface area contributed by atoms with Crippen molar-refractivity contribution >= 4 is 11.7 Å². The minimum Gasteiger partial charge on any atom is -0.480 e. The van der Waals surface area contributed by atoms with Gasteiger partial charge in [0.1, 0.15) is 11.9 Å². The summed E-state index contributed by atoms with van der Waals surface area (Å²) in [6, 6.07) is 13.6. The van der Waals surface area contributed by atoms with Gasteiger partial charge in [-0.1, -0.05) is 36.8 Å². The molecule has 0 radical (unpaired) electrons. The van der Waals surface area contributed by atoms with Crippen LogP contribution < -0.4 is 4.90 Å². The van der Waals surface area contributed by atoms with Crippen LogP contribution in [0.2, 0.25) is 0 Å². The molecule has 1 aliphatic heterocycles. The van der Waals surface area contributed by atoms with Gasteiger partial charge >= 0.3 is 5.97 Å². The van der Waals surface area contributed by atoms with Gasteiger partial charge in [0.15, 0.2) is 0 Å². The van der Waals surface area contributed by atoms with Crippen molar-refractivity contribution in [3.8, 4) is 0 Å². The molecule has 0 spiro atoms. The Balaban J connectivity index is 2.07. The molecule has 2 aromatic carbocycles. The molecule has 1 N–H and O–H groups in total. The second-order valence-electron chi connectivity index (χ2n) is 7.00. The number of aliphatic carboxylic acids is 1. The Morgan fingerprint density at radius 1 is 1.15 bits per heavy atom. The topological polar surface area (TPSA) is 43.8 Å². The molecular weight excluding hydrogens is 331 g/mol. The van der Waals surface area contributed by atoms with Gasteiger partial charge in [-0.05, 0) is 43.1 Å². The molecule has 138 valence electrons. The molecule has 5 heteroatoms. The number of likely N-dealkylation sites (tertiary alicyclic amines) is 1. The molecule has 26 heavy (non-hydrogen) atoms. The number of nitrogens with zero attached hydrogens (tertiary/aromatic N) is 2. The summed E-state index contributed by atoms with van der Waals surface area (Å²) in [7, 11) is 3.93. The predicted molar refractivity (Wildman–Crippen MR) is 101 cm³/mol. The highest BCUT2D eigenvalue weighted by atomic mass is 19.1. The number of carboxylic acids is 1. The SMILES string of the molecule is CN(C)c1ccc(C(c2ccccc2F)N2CCCCC2C(=O)O)cc1. The largest absolute Gasteiger partial charge is 0.480 e. The van der Waals surface area contributed by atoms with E-state index in [0.717, 1.165) is 24.1 Å². The van der Waals surface area contributed by atoms with Crippen molar-refractivity contribution in [2.75, 3.05) is 25.5 Å². The van der Waals surface area contributed by atoms with E-state index in [2.05, 4.69) is 0 Å². The molecule has 0 amide bonds. The van der Waals surface area contributed by atoms with Crippen molar-refractivity contribution in [1.29, 1.82) is 0 Å². The third-order valence-corrected chi connectivity index (χ3v) is 5.09. The fraction of sp³-hybridized carbons (Fsp3) is 0.381. The summed E-state index contributed by atoms with van der Waals surface area (Å²) in [4.78, 5) is 15.8. The molecule has 1 saturated heterocycles. The Bertz CT molecular complexity index is 761. The van der Waals surface area contributed by atoms with Crippen LogP contribution in [0.15, 0.2) is 48.5 Å². The lowest BCUT2D eigenvalue weighted by Gasteiger charge is -2.39. The van der Waals surface area contributed by atoms with E-state index in [1.54, 1.807) is 18.2 Å². The number of piperidine rings is 1. The number of hydrogen-bond acceptors (Lipinski definition) is 3. The lowest BCUT2D eigenvalue weighted by Crippen LogP contribution is -2.47. The van der Waals surface area contributed by atoms with Crippen molar-refractivity contribution in [2.45, 2.75) is 31.3 Å². The summed E-state index contributed by atoms with van der Waals surface area (Å²) in [6.07, 6.45) is 2.40. The van der Waals surface area contributed by atoms with Crippen molar-refractivity contribution in [2.24, 2.45) is 0 Å². The summed E-state index contributed by atoms with van der Waals surface area (Å²) in [5.74, 6) is -1.14. The Labute approximate surface area is 153 Å². The van der Waals surface area contributed by atoms with E-state index in [-0.39, 0.29) is 5.82 Å². The highest BCUT2D eigenvalue weighted by molar-refractivity contribution is 5.73. The lowest BCUT2D eigenvalue weighted by atomic mass is 9.91. The first-order valence-electron chi connectivity index (χ1n) is 8.99.